The van der Waals surface area contributed by atoms with Crippen LogP contribution in [0.4, 0.5) is 0 Å². The maximum Gasteiger partial charge on any atom is 0.253 e. The smallest absolute Gasteiger partial charge is 0.253 e. The predicted octanol–water partition coefficient (Wildman–Crippen LogP) is 3.35. The summed E-state index contributed by atoms with van der Waals surface area (Å²) in [6.45, 7) is 11.9. The molecule has 1 aromatic carbocycles. The van der Waals surface area contributed by atoms with Gasteiger partial charge < -0.3 is 14.3 Å². The number of nitrogens with zero attached hydrogens (tertiary/aromatic N) is 3. The van der Waals surface area contributed by atoms with E-state index < -0.39 is 0 Å². The summed E-state index contributed by atoms with van der Waals surface area (Å²) in [6.07, 6.45) is 0. The number of amides is 1. The molecule has 3 heterocycles. The largest absolute Gasteiger partial charge is 0.444 e. The fourth-order valence-electron chi connectivity index (χ4n) is 3.68. The van der Waals surface area contributed by atoms with Crippen molar-refractivity contribution in [2.45, 2.75) is 34.2 Å². The predicted molar refractivity (Wildman–Crippen MR) is 105 cm³/mol. The van der Waals surface area contributed by atoms with Gasteiger partial charge in [-0.2, -0.15) is 0 Å². The van der Waals surface area contributed by atoms with Crippen LogP contribution >= 0.6 is 0 Å². The molecule has 6 heteroatoms. The molecule has 0 atom stereocenters. The number of aromatic amines is 1. The minimum atomic E-state index is 0.109. The third-order valence-electron chi connectivity index (χ3n) is 5.65. The summed E-state index contributed by atoms with van der Waals surface area (Å²) in [5.41, 5.74) is 5.16. The molecule has 1 N–H and O–H groups in total. The number of oxazole rings is 1. The number of rotatable bonds is 3. The van der Waals surface area contributed by atoms with Crippen molar-refractivity contribution in [1.29, 1.82) is 0 Å². The van der Waals surface area contributed by atoms with Crippen LogP contribution in [0.3, 0.4) is 0 Å². The zero-order chi connectivity index (χ0) is 19.1. The molecule has 27 heavy (non-hydrogen) atoms. The Morgan fingerprint density at radius 1 is 1.15 bits per heavy atom. The highest BCUT2D eigenvalue weighted by molar-refractivity contribution is 5.99. The molecule has 0 unspecified atom stereocenters. The van der Waals surface area contributed by atoms with Gasteiger partial charge in [-0.3, -0.25) is 9.69 Å². The van der Waals surface area contributed by atoms with E-state index in [4.69, 9.17) is 4.42 Å². The minimum absolute atomic E-state index is 0.109. The lowest BCUT2D eigenvalue weighted by Gasteiger charge is -2.34. The van der Waals surface area contributed by atoms with Crippen LogP contribution in [0.15, 0.2) is 22.6 Å². The average molecular weight is 366 g/mol. The first-order valence-electron chi connectivity index (χ1n) is 9.46. The van der Waals surface area contributed by atoms with Gasteiger partial charge in [-0.1, -0.05) is 0 Å². The number of piperazine rings is 1. The van der Waals surface area contributed by atoms with Gasteiger partial charge >= 0.3 is 0 Å². The third-order valence-corrected chi connectivity index (χ3v) is 5.65. The maximum absolute atomic E-state index is 12.9. The molecule has 142 valence electrons. The van der Waals surface area contributed by atoms with E-state index in [2.05, 4.69) is 28.7 Å². The van der Waals surface area contributed by atoms with E-state index in [1.54, 1.807) is 0 Å². The Morgan fingerprint density at radius 2 is 1.89 bits per heavy atom. The highest BCUT2D eigenvalue weighted by Gasteiger charge is 2.23. The number of carbonyl (C=O) groups excluding carboxylic acids is 1. The van der Waals surface area contributed by atoms with E-state index in [0.29, 0.717) is 6.54 Å². The normalized spacial score (nSPS) is 15.6. The molecule has 1 saturated heterocycles. The molecule has 1 aliphatic heterocycles. The van der Waals surface area contributed by atoms with E-state index in [1.165, 1.54) is 5.56 Å². The molecule has 4 rings (SSSR count). The van der Waals surface area contributed by atoms with E-state index in [9.17, 15) is 4.79 Å². The Morgan fingerprint density at radius 3 is 2.56 bits per heavy atom. The molecule has 3 aromatic rings. The zero-order valence-electron chi connectivity index (χ0n) is 16.4. The monoisotopic (exact) mass is 366 g/mol. The Labute approximate surface area is 159 Å². The van der Waals surface area contributed by atoms with Crippen molar-refractivity contribution in [3.63, 3.8) is 0 Å². The van der Waals surface area contributed by atoms with Gasteiger partial charge in [0.1, 0.15) is 5.76 Å². The van der Waals surface area contributed by atoms with Crippen LogP contribution in [0, 0.1) is 27.7 Å². The molecule has 0 aliphatic carbocycles. The first kappa shape index (κ1) is 17.8. The molecule has 0 spiro atoms. The molecule has 1 amide bonds. The van der Waals surface area contributed by atoms with Gasteiger partial charge in [0.2, 0.25) is 5.89 Å². The number of hydrogen-bond donors (Lipinski definition) is 1. The average Bonchev–Trinajstić information content (AvgIpc) is 3.13. The van der Waals surface area contributed by atoms with Crippen molar-refractivity contribution in [2.75, 3.05) is 26.2 Å². The first-order valence-corrected chi connectivity index (χ1v) is 9.46. The fourth-order valence-corrected chi connectivity index (χ4v) is 3.68. The van der Waals surface area contributed by atoms with Crippen LogP contribution in [0.2, 0.25) is 0 Å². The molecule has 6 nitrogen and oxygen atoms in total. The molecule has 0 saturated carbocycles. The van der Waals surface area contributed by atoms with E-state index in [1.807, 2.05) is 36.9 Å². The van der Waals surface area contributed by atoms with Gasteiger partial charge in [0.25, 0.3) is 5.91 Å². The Bertz CT molecular complexity index is 974. The quantitative estimate of drug-likeness (QED) is 0.772. The lowest BCUT2D eigenvalue weighted by Crippen LogP contribution is -2.48. The van der Waals surface area contributed by atoms with Gasteiger partial charge in [-0.05, 0) is 51.5 Å². The maximum atomic E-state index is 12.9. The number of fused-ring (bicyclic) bond motifs is 1. The van der Waals surface area contributed by atoms with E-state index in [0.717, 1.165) is 65.7 Å². The van der Waals surface area contributed by atoms with Gasteiger partial charge in [0, 0.05) is 48.3 Å². The molecular weight excluding hydrogens is 340 g/mol. The Kier molecular flexibility index (Phi) is 4.52. The van der Waals surface area contributed by atoms with Crippen molar-refractivity contribution in [3.8, 4) is 0 Å². The molecule has 1 fully saturated rings. The number of carbonyl (C=O) groups is 1. The summed E-state index contributed by atoms with van der Waals surface area (Å²) in [5.74, 6) is 1.75. The van der Waals surface area contributed by atoms with Crippen LogP contribution in [-0.2, 0) is 6.54 Å². The summed E-state index contributed by atoms with van der Waals surface area (Å²) in [4.78, 5) is 25.0. The van der Waals surface area contributed by atoms with Gasteiger partial charge in [-0.25, -0.2) is 4.98 Å². The van der Waals surface area contributed by atoms with Crippen molar-refractivity contribution in [1.82, 2.24) is 19.8 Å². The standard InChI is InChI=1S/C21H26N4O2/c1-13-14(2)22-19-6-5-17(11-18(13)19)21(26)25-9-7-24(8-10-25)12-20-23-15(3)16(4)27-20/h5-6,11,22H,7-10,12H2,1-4H3. The van der Waals surface area contributed by atoms with Gasteiger partial charge in [0.05, 0.1) is 12.2 Å². The first-order chi connectivity index (χ1) is 12.9. The summed E-state index contributed by atoms with van der Waals surface area (Å²) in [6, 6.07) is 5.94. The SMILES string of the molecule is Cc1nc(CN2CCN(C(=O)c3ccc4[nH]c(C)c(C)c4c3)CC2)oc1C. The van der Waals surface area contributed by atoms with Gasteiger partial charge in [0.15, 0.2) is 0 Å². The van der Waals surface area contributed by atoms with Crippen molar-refractivity contribution < 1.29 is 9.21 Å². The molecule has 1 aliphatic rings. The number of aryl methyl sites for hydroxylation is 4. The summed E-state index contributed by atoms with van der Waals surface area (Å²) in [7, 11) is 0. The van der Waals surface area contributed by atoms with Crippen molar-refractivity contribution >= 4 is 16.8 Å². The van der Waals surface area contributed by atoms with Crippen molar-refractivity contribution in [2.24, 2.45) is 0 Å². The Hall–Kier alpha value is -2.60. The van der Waals surface area contributed by atoms with Crippen LogP contribution in [0.1, 0.15) is 39.0 Å². The second kappa shape index (κ2) is 6.85. The van der Waals surface area contributed by atoms with Gasteiger partial charge in [-0.15, -0.1) is 0 Å². The molecule has 0 bridgehead atoms. The highest BCUT2D eigenvalue weighted by atomic mass is 16.4. The molecule has 2 aromatic heterocycles. The second-order valence-electron chi connectivity index (χ2n) is 7.45. The van der Waals surface area contributed by atoms with E-state index >= 15 is 0 Å². The third kappa shape index (κ3) is 3.37. The number of H-pyrrole nitrogens is 1. The lowest BCUT2D eigenvalue weighted by molar-refractivity contribution is 0.0618. The van der Waals surface area contributed by atoms with E-state index in [-0.39, 0.29) is 5.91 Å². The number of hydrogen-bond acceptors (Lipinski definition) is 4. The molecular formula is C21H26N4O2. The summed E-state index contributed by atoms with van der Waals surface area (Å²) < 4.78 is 5.68. The number of nitrogens with one attached hydrogen (secondary N) is 1. The summed E-state index contributed by atoms with van der Waals surface area (Å²) in [5, 5.41) is 1.13. The fraction of sp³-hybridized carbons (Fsp3) is 0.429. The van der Waals surface area contributed by atoms with Crippen LogP contribution in [-0.4, -0.2) is 51.9 Å². The highest BCUT2D eigenvalue weighted by Crippen LogP contribution is 2.23. The molecule has 0 radical (unpaired) electrons. The van der Waals surface area contributed by atoms with Crippen LogP contribution in [0.25, 0.3) is 10.9 Å². The minimum Gasteiger partial charge on any atom is -0.444 e. The van der Waals surface area contributed by atoms with Crippen molar-refractivity contribution in [3.05, 3.63) is 52.4 Å². The zero-order valence-corrected chi connectivity index (χ0v) is 16.4. The summed E-state index contributed by atoms with van der Waals surface area (Å²) >= 11 is 0. The topological polar surface area (TPSA) is 65.4 Å². The number of aromatic nitrogens is 2. The Balaban J connectivity index is 1.41. The number of benzene rings is 1. The van der Waals surface area contributed by atoms with Crippen LogP contribution < -0.4 is 0 Å². The van der Waals surface area contributed by atoms with Crippen LogP contribution in [0.5, 0.6) is 0 Å². The second-order valence-corrected chi connectivity index (χ2v) is 7.45. The lowest BCUT2D eigenvalue weighted by atomic mass is 10.1.